The number of nitro groups is 1. The van der Waals surface area contributed by atoms with E-state index in [1.807, 2.05) is 0 Å². The summed E-state index contributed by atoms with van der Waals surface area (Å²) in [6.07, 6.45) is -3.24. The van der Waals surface area contributed by atoms with E-state index in [-0.39, 0.29) is 6.61 Å². The van der Waals surface area contributed by atoms with Crippen molar-refractivity contribution in [2.45, 2.75) is 13.3 Å². The van der Waals surface area contributed by atoms with Gasteiger partial charge in [-0.1, -0.05) is 11.6 Å². The molecular weight excluding hydrogens is 274 g/mol. The topological polar surface area (TPSA) is 82.3 Å². The van der Waals surface area contributed by atoms with Crippen LogP contribution in [0.5, 0.6) is 0 Å². The first-order valence-electron chi connectivity index (χ1n) is 4.68. The molecule has 1 heterocycles. The van der Waals surface area contributed by atoms with E-state index >= 15 is 0 Å². The van der Waals surface area contributed by atoms with Gasteiger partial charge in [-0.3, -0.25) is 10.1 Å². The number of hydrogen-bond donors (Lipinski definition) is 0. The van der Waals surface area contributed by atoms with Crippen molar-refractivity contribution in [2.75, 3.05) is 6.61 Å². The van der Waals surface area contributed by atoms with Gasteiger partial charge in [0.2, 0.25) is 0 Å². The smallest absolute Gasteiger partial charge is 0.357 e. The van der Waals surface area contributed by atoms with Crippen LogP contribution in [0.15, 0.2) is 6.07 Å². The average Bonchev–Trinajstić information content (AvgIpc) is 2.27. The van der Waals surface area contributed by atoms with Gasteiger partial charge in [0.25, 0.3) is 12.1 Å². The summed E-state index contributed by atoms with van der Waals surface area (Å²) >= 11 is 5.45. The number of halogens is 3. The Morgan fingerprint density at radius 2 is 2.28 bits per heavy atom. The SMILES string of the molecule is CCOC(=O)c1nc(Cl)cc([N+](=O)[O-])c1C(F)F. The number of rotatable bonds is 4. The molecule has 0 saturated carbocycles. The van der Waals surface area contributed by atoms with E-state index in [0.717, 1.165) is 0 Å². The Labute approximate surface area is 105 Å². The summed E-state index contributed by atoms with van der Waals surface area (Å²) < 4.78 is 30.1. The number of nitrogens with zero attached hydrogens (tertiary/aromatic N) is 2. The van der Waals surface area contributed by atoms with Gasteiger partial charge in [-0.05, 0) is 6.92 Å². The summed E-state index contributed by atoms with van der Waals surface area (Å²) in [5.41, 5.74) is -2.90. The molecule has 98 valence electrons. The average molecular weight is 281 g/mol. The monoisotopic (exact) mass is 280 g/mol. The van der Waals surface area contributed by atoms with Crippen LogP contribution < -0.4 is 0 Å². The first-order valence-corrected chi connectivity index (χ1v) is 5.06. The summed E-state index contributed by atoms with van der Waals surface area (Å²) in [5, 5.41) is 10.2. The molecule has 9 heteroatoms. The molecule has 1 rings (SSSR count). The molecular formula is C9H7ClF2N2O4. The lowest BCUT2D eigenvalue weighted by Crippen LogP contribution is -2.13. The lowest BCUT2D eigenvalue weighted by Gasteiger charge is -2.08. The number of hydrogen-bond acceptors (Lipinski definition) is 5. The van der Waals surface area contributed by atoms with Gasteiger partial charge in [-0.2, -0.15) is 0 Å². The van der Waals surface area contributed by atoms with E-state index in [2.05, 4.69) is 9.72 Å². The van der Waals surface area contributed by atoms with E-state index in [1.54, 1.807) is 0 Å². The fourth-order valence-electron chi connectivity index (χ4n) is 1.23. The zero-order chi connectivity index (χ0) is 13.9. The summed E-state index contributed by atoms with van der Waals surface area (Å²) in [6, 6.07) is 0.659. The molecule has 6 nitrogen and oxygen atoms in total. The molecule has 0 amide bonds. The Hall–Kier alpha value is -1.83. The maximum absolute atomic E-state index is 12.8. The number of carbonyl (C=O) groups is 1. The minimum atomic E-state index is -3.24. The molecule has 0 saturated heterocycles. The highest BCUT2D eigenvalue weighted by atomic mass is 35.5. The van der Waals surface area contributed by atoms with E-state index in [0.29, 0.717) is 6.07 Å². The van der Waals surface area contributed by atoms with Gasteiger partial charge in [0, 0.05) is 0 Å². The third-order valence-electron chi connectivity index (χ3n) is 1.89. The zero-order valence-electron chi connectivity index (χ0n) is 9.02. The number of ether oxygens (including phenoxy) is 1. The number of alkyl halides is 2. The molecule has 0 aliphatic carbocycles. The minimum Gasteiger partial charge on any atom is -0.461 e. The molecule has 0 aromatic carbocycles. The molecule has 0 aliphatic heterocycles. The standard InChI is InChI=1S/C9H7ClF2N2O4/c1-2-18-9(15)7-6(8(11)12)4(14(16)17)3-5(10)13-7/h3,8H,2H2,1H3. The normalized spacial score (nSPS) is 10.5. The Kier molecular flexibility index (Phi) is 4.49. The van der Waals surface area contributed by atoms with Gasteiger partial charge in [-0.15, -0.1) is 0 Å². The predicted octanol–water partition coefficient (Wildman–Crippen LogP) is 2.76. The second-order valence-electron chi connectivity index (χ2n) is 3.00. The van der Waals surface area contributed by atoms with Gasteiger partial charge < -0.3 is 4.74 Å². The van der Waals surface area contributed by atoms with Crippen molar-refractivity contribution in [1.82, 2.24) is 4.98 Å². The third-order valence-corrected chi connectivity index (χ3v) is 2.08. The molecule has 0 atom stereocenters. The van der Waals surface area contributed by atoms with Crippen molar-refractivity contribution in [2.24, 2.45) is 0 Å². The molecule has 0 N–H and O–H groups in total. The molecule has 0 bridgehead atoms. The highest BCUT2D eigenvalue weighted by Gasteiger charge is 2.31. The van der Waals surface area contributed by atoms with Crippen LogP contribution in [-0.2, 0) is 4.74 Å². The second-order valence-corrected chi connectivity index (χ2v) is 3.39. The van der Waals surface area contributed by atoms with Crippen LogP contribution in [0, 0.1) is 10.1 Å². The molecule has 0 aliphatic rings. The Morgan fingerprint density at radius 3 is 2.72 bits per heavy atom. The second kappa shape index (κ2) is 5.67. The number of aromatic nitrogens is 1. The van der Waals surface area contributed by atoms with Crippen LogP contribution >= 0.6 is 11.6 Å². The van der Waals surface area contributed by atoms with Gasteiger partial charge in [0.1, 0.15) is 10.7 Å². The number of carbonyl (C=O) groups excluding carboxylic acids is 1. The van der Waals surface area contributed by atoms with Crippen molar-refractivity contribution >= 4 is 23.3 Å². The maximum Gasteiger partial charge on any atom is 0.357 e. The van der Waals surface area contributed by atoms with Crippen LogP contribution in [0.3, 0.4) is 0 Å². The Bertz CT molecular complexity index is 496. The molecule has 1 aromatic rings. The van der Waals surface area contributed by atoms with Gasteiger partial charge in [-0.25, -0.2) is 18.6 Å². The zero-order valence-corrected chi connectivity index (χ0v) is 9.78. The fourth-order valence-corrected chi connectivity index (χ4v) is 1.42. The van der Waals surface area contributed by atoms with Gasteiger partial charge in [0.05, 0.1) is 17.6 Å². The van der Waals surface area contributed by atoms with Crippen molar-refractivity contribution in [1.29, 1.82) is 0 Å². The van der Waals surface area contributed by atoms with Crippen LogP contribution in [0.25, 0.3) is 0 Å². The van der Waals surface area contributed by atoms with Crippen molar-refractivity contribution in [3.05, 3.63) is 32.6 Å². The largest absolute Gasteiger partial charge is 0.461 e. The first-order chi connectivity index (χ1) is 8.38. The quantitative estimate of drug-likeness (QED) is 0.366. The minimum absolute atomic E-state index is 0.0799. The number of pyridine rings is 1. The predicted molar refractivity (Wildman–Crippen MR) is 56.8 cm³/mol. The van der Waals surface area contributed by atoms with E-state index < -0.39 is 39.4 Å². The van der Waals surface area contributed by atoms with Crippen LogP contribution in [0.2, 0.25) is 5.15 Å². The Balaban J connectivity index is 3.48. The summed E-state index contributed by atoms with van der Waals surface area (Å²) in [6.45, 7) is 1.38. The summed E-state index contributed by atoms with van der Waals surface area (Å²) in [5.74, 6) is -1.18. The molecule has 0 spiro atoms. The summed E-state index contributed by atoms with van der Waals surface area (Å²) in [7, 11) is 0. The fraction of sp³-hybridized carbons (Fsp3) is 0.333. The van der Waals surface area contributed by atoms with Crippen molar-refractivity contribution in [3.8, 4) is 0 Å². The molecule has 1 aromatic heterocycles. The highest BCUT2D eigenvalue weighted by Crippen LogP contribution is 2.33. The van der Waals surface area contributed by atoms with Crippen molar-refractivity contribution in [3.63, 3.8) is 0 Å². The van der Waals surface area contributed by atoms with Gasteiger partial charge >= 0.3 is 5.97 Å². The van der Waals surface area contributed by atoms with Crippen LogP contribution in [0.4, 0.5) is 14.5 Å². The molecule has 0 fully saturated rings. The number of esters is 1. The molecule has 18 heavy (non-hydrogen) atoms. The highest BCUT2D eigenvalue weighted by molar-refractivity contribution is 6.29. The maximum atomic E-state index is 12.8. The van der Waals surface area contributed by atoms with E-state index in [4.69, 9.17) is 11.6 Å². The third kappa shape index (κ3) is 2.89. The first kappa shape index (κ1) is 14.2. The van der Waals surface area contributed by atoms with Gasteiger partial charge in [0.15, 0.2) is 5.69 Å². The van der Waals surface area contributed by atoms with E-state index in [1.165, 1.54) is 6.92 Å². The molecule has 0 unspecified atom stereocenters. The Morgan fingerprint density at radius 1 is 1.67 bits per heavy atom. The molecule has 0 radical (unpaired) electrons. The lowest BCUT2D eigenvalue weighted by atomic mass is 10.1. The van der Waals surface area contributed by atoms with Crippen molar-refractivity contribution < 1.29 is 23.2 Å². The summed E-state index contributed by atoms with van der Waals surface area (Å²) in [4.78, 5) is 24.3. The van der Waals surface area contributed by atoms with E-state index in [9.17, 15) is 23.7 Å². The van der Waals surface area contributed by atoms with Crippen LogP contribution in [0.1, 0.15) is 29.4 Å². The van der Waals surface area contributed by atoms with Crippen LogP contribution in [-0.4, -0.2) is 22.5 Å². The lowest BCUT2D eigenvalue weighted by molar-refractivity contribution is -0.386.